The van der Waals surface area contributed by atoms with E-state index in [2.05, 4.69) is 37.6 Å². The Morgan fingerprint density at radius 1 is 0.963 bits per heavy atom. The largest absolute Gasteiger partial charge is 0.372 e. The Balaban J connectivity index is 1.38. The molecule has 1 amide bonds. The Hall–Kier alpha value is -2.63. The molecule has 1 saturated carbocycles. The highest BCUT2D eigenvalue weighted by Gasteiger charge is 2.17. The number of nitrogens with zero attached hydrogens (tertiary/aromatic N) is 3. The van der Waals surface area contributed by atoms with E-state index in [0.717, 1.165) is 31.6 Å². The predicted octanol–water partition coefficient (Wildman–Crippen LogP) is 4.07. The first-order valence-electron chi connectivity index (χ1n) is 10.0. The van der Waals surface area contributed by atoms with E-state index in [-0.39, 0.29) is 5.91 Å². The second-order valence-electron chi connectivity index (χ2n) is 7.44. The number of rotatable bonds is 5. The van der Waals surface area contributed by atoms with Crippen LogP contribution >= 0.6 is 0 Å². The predicted molar refractivity (Wildman–Crippen MR) is 108 cm³/mol. The molecule has 0 spiro atoms. The lowest BCUT2D eigenvalue weighted by atomic mass is 10.1. The highest BCUT2D eigenvalue weighted by molar-refractivity contribution is 6.03. The molecule has 2 N–H and O–H groups in total. The van der Waals surface area contributed by atoms with Gasteiger partial charge in [-0.2, -0.15) is 0 Å². The molecule has 0 atom stereocenters. The first kappa shape index (κ1) is 17.8. The SMILES string of the molecule is O=C(Nc1ccc(N2CCCCC2)cc1)c1ccnc(NC2CCCC2)n1. The van der Waals surface area contributed by atoms with Crippen LogP contribution in [0.2, 0.25) is 0 Å². The summed E-state index contributed by atoms with van der Waals surface area (Å²) in [6.45, 7) is 2.23. The third kappa shape index (κ3) is 4.56. The summed E-state index contributed by atoms with van der Waals surface area (Å²) >= 11 is 0. The van der Waals surface area contributed by atoms with Gasteiger partial charge in [0.25, 0.3) is 5.91 Å². The van der Waals surface area contributed by atoms with Gasteiger partial charge in [0.1, 0.15) is 5.69 Å². The Morgan fingerprint density at radius 2 is 1.70 bits per heavy atom. The van der Waals surface area contributed by atoms with Gasteiger partial charge < -0.3 is 15.5 Å². The third-order valence-electron chi connectivity index (χ3n) is 5.42. The van der Waals surface area contributed by atoms with Crippen molar-refractivity contribution in [2.45, 2.75) is 51.0 Å². The molecule has 0 radical (unpaired) electrons. The summed E-state index contributed by atoms with van der Waals surface area (Å²) in [5.74, 6) is 0.326. The number of aromatic nitrogens is 2. The van der Waals surface area contributed by atoms with Crippen LogP contribution in [0.5, 0.6) is 0 Å². The number of carbonyl (C=O) groups is 1. The lowest BCUT2D eigenvalue weighted by Gasteiger charge is -2.28. The fourth-order valence-corrected chi connectivity index (χ4v) is 3.91. The number of piperidine rings is 1. The van der Waals surface area contributed by atoms with E-state index in [1.54, 1.807) is 12.3 Å². The molecule has 6 heteroatoms. The molecule has 142 valence electrons. The quantitative estimate of drug-likeness (QED) is 0.836. The van der Waals surface area contributed by atoms with Crippen LogP contribution in [0.25, 0.3) is 0 Å². The maximum Gasteiger partial charge on any atom is 0.274 e. The molecule has 1 aliphatic heterocycles. The number of anilines is 3. The van der Waals surface area contributed by atoms with Crippen LogP contribution in [-0.4, -0.2) is 35.0 Å². The molecule has 0 unspecified atom stereocenters. The number of nitrogens with one attached hydrogen (secondary N) is 2. The molecule has 2 aliphatic rings. The first-order valence-corrected chi connectivity index (χ1v) is 10.0. The molecule has 2 heterocycles. The van der Waals surface area contributed by atoms with Crippen LogP contribution < -0.4 is 15.5 Å². The summed E-state index contributed by atoms with van der Waals surface area (Å²) in [5, 5.41) is 6.27. The van der Waals surface area contributed by atoms with Crippen LogP contribution in [0.15, 0.2) is 36.5 Å². The van der Waals surface area contributed by atoms with Crippen LogP contribution in [0.3, 0.4) is 0 Å². The van der Waals surface area contributed by atoms with E-state index in [4.69, 9.17) is 0 Å². The molecule has 1 aliphatic carbocycles. The van der Waals surface area contributed by atoms with Gasteiger partial charge in [-0.3, -0.25) is 4.79 Å². The van der Waals surface area contributed by atoms with Gasteiger partial charge >= 0.3 is 0 Å². The Kier molecular flexibility index (Phi) is 5.51. The third-order valence-corrected chi connectivity index (χ3v) is 5.42. The monoisotopic (exact) mass is 365 g/mol. The van der Waals surface area contributed by atoms with Crippen LogP contribution in [0.4, 0.5) is 17.3 Å². The zero-order chi connectivity index (χ0) is 18.5. The smallest absolute Gasteiger partial charge is 0.274 e. The fraction of sp³-hybridized carbons (Fsp3) is 0.476. The van der Waals surface area contributed by atoms with Gasteiger partial charge in [-0.25, -0.2) is 9.97 Å². The number of amides is 1. The summed E-state index contributed by atoms with van der Waals surface area (Å²) in [5.41, 5.74) is 2.38. The van der Waals surface area contributed by atoms with Crippen molar-refractivity contribution in [1.82, 2.24) is 9.97 Å². The molecule has 4 rings (SSSR count). The van der Waals surface area contributed by atoms with Crippen molar-refractivity contribution in [2.75, 3.05) is 28.6 Å². The normalized spacial score (nSPS) is 17.7. The number of carbonyl (C=O) groups excluding carboxylic acids is 1. The van der Waals surface area contributed by atoms with Crippen molar-refractivity contribution in [2.24, 2.45) is 0 Å². The molecule has 1 aromatic heterocycles. The van der Waals surface area contributed by atoms with Crippen LogP contribution in [-0.2, 0) is 0 Å². The molecule has 6 nitrogen and oxygen atoms in total. The van der Waals surface area contributed by atoms with Gasteiger partial charge in [0.05, 0.1) is 0 Å². The van der Waals surface area contributed by atoms with Gasteiger partial charge in [0.2, 0.25) is 5.95 Å². The highest BCUT2D eigenvalue weighted by atomic mass is 16.1. The highest BCUT2D eigenvalue weighted by Crippen LogP contribution is 2.23. The first-order chi connectivity index (χ1) is 13.3. The summed E-state index contributed by atoms with van der Waals surface area (Å²) in [4.78, 5) is 23.6. The van der Waals surface area contributed by atoms with Crippen molar-refractivity contribution in [3.8, 4) is 0 Å². The molecule has 1 saturated heterocycles. The van der Waals surface area contributed by atoms with Crippen molar-refractivity contribution >= 4 is 23.2 Å². The van der Waals surface area contributed by atoms with Crippen molar-refractivity contribution < 1.29 is 4.79 Å². The topological polar surface area (TPSA) is 70.2 Å². The van der Waals surface area contributed by atoms with Crippen LogP contribution in [0.1, 0.15) is 55.4 Å². The molecule has 2 fully saturated rings. The zero-order valence-corrected chi connectivity index (χ0v) is 15.7. The summed E-state index contributed by atoms with van der Waals surface area (Å²) in [6, 6.07) is 10.1. The number of hydrogen-bond acceptors (Lipinski definition) is 5. The molecular formula is C21H27N5O. The van der Waals surface area contributed by atoms with Gasteiger partial charge in [-0.1, -0.05) is 12.8 Å². The molecule has 1 aromatic carbocycles. The average Bonchev–Trinajstić information content (AvgIpc) is 3.22. The van der Waals surface area contributed by atoms with Gasteiger partial charge in [-0.15, -0.1) is 0 Å². The van der Waals surface area contributed by atoms with Crippen molar-refractivity contribution in [3.63, 3.8) is 0 Å². The lowest BCUT2D eigenvalue weighted by Crippen LogP contribution is -2.29. The summed E-state index contributed by atoms with van der Waals surface area (Å²) in [7, 11) is 0. The van der Waals surface area contributed by atoms with Crippen LogP contribution in [0, 0.1) is 0 Å². The minimum absolute atomic E-state index is 0.211. The fourth-order valence-electron chi connectivity index (χ4n) is 3.91. The maximum absolute atomic E-state index is 12.6. The summed E-state index contributed by atoms with van der Waals surface area (Å²) < 4.78 is 0. The van der Waals surface area contributed by atoms with E-state index >= 15 is 0 Å². The Bertz CT molecular complexity index is 764. The van der Waals surface area contributed by atoms with Crippen molar-refractivity contribution in [1.29, 1.82) is 0 Å². The van der Waals surface area contributed by atoms with Gasteiger partial charge in [0, 0.05) is 36.7 Å². The molecule has 27 heavy (non-hydrogen) atoms. The maximum atomic E-state index is 12.6. The average molecular weight is 365 g/mol. The van der Waals surface area contributed by atoms with E-state index < -0.39 is 0 Å². The van der Waals surface area contributed by atoms with Gasteiger partial charge in [-0.05, 0) is 62.4 Å². The minimum Gasteiger partial charge on any atom is -0.372 e. The van der Waals surface area contributed by atoms with E-state index in [1.807, 2.05) is 12.1 Å². The minimum atomic E-state index is -0.211. The van der Waals surface area contributed by atoms with Crippen molar-refractivity contribution in [3.05, 3.63) is 42.2 Å². The second-order valence-corrected chi connectivity index (χ2v) is 7.44. The molecule has 2 aromatic rings. The second kappa shape index (κ2) is 8.37. The molecular weight excluding hydrogens is 338 g/mol. The Morgan fingerprint density at radius 3 is 2.44 bits per heavy atom. The summed E-state index contributed by atoms with van der Waals surface area (Å²) in [6.07, 6.45) is 10.2. The lowest BCUT2D eigenvalue weighted by molar-refractivity contribution is 0.102. The zero-order valence-electron chi connectivity index (χ0n) is 15.7. The number of benzene rings is 1. The van der Waals surface area contributed by atoms with Gasteiger partial charge in [0.15, 0.2) is 0 Å². The Labute approximate surface area is 160 Å². The molecule has 0 bridgehead atoms. The standard InChI is InChI=1S/C21H27N5O/c27-20(19-12-13-22-21(25-19)24-16-6-2-3-7-16)23-17-8-10-18(11-9-17)26-14-4-1-5-15-26/h8-13,16H,1-7,14-15H2,(H,23,27)(H,22,24,25). The van der Waals surface area contributed by atoms with E-state index in [0.29, 0.717) is 17.7 Å². The van der Waals surface area contributed by atoms with E-state index in [9.17, 15) is 4.79 Å². The number of hydrogen-bond donors (Lipinski definition) is 2. The van der Waals surface area contributed by atoms with E-state index in [1.165, 1.54) is 37.8 Å².